The van der Waals surface area contributed by atoms with Crippen LogP contribution in [0.3, 0.4) is 0 Å². The van der Waals surface area contributed by atoms with E-state index in [1.165, 1.54) is 6.42 Å². The minimum absolute atomic E-state index is 0.0313. The highest BCUT2D eigenvalue weighted by atomic mass is 16.3. The van der Waals surface area contributed by atoms with Gasteiger partial charge in [-0.2, -0.15) is 0 Å². The summed E-state index contributed by atoms with van der Waals surface area (Å²) < 4.78 is 0. The zero-order valence-corrected chi connectivity index (χ0v) is 13.6. The summed E-state index contributed by atoms with van der Waals surface area (Å²) in [4.78, 5) is 0. The molecule has 3 atom stereocenters. The molecular formula is C17H34O. The molecule has 0 aliphatic heterocycles. The van der Waals surface area contributed by atoms with Crippen molar-refractivity contribution in [3.8, 4) is 0 Å². The van der Waals surface area contributed by atoms with E-state index in [-0.39, 0.29) is 16.9 Å². The van der Waals surface area contributed by atoms with Crippen LogP contribution in [0.4, 0.5) is 0 Å². The normalized spacial score (nSPS) is 19.1. The molecule has 1 heteroatoms. The van der Waals surface area contributed by atoms with E-state index in [0.717, 1.165) is 24.8 Å². The van der Waals surface area contributed by atoms with Gasteiger partial charge in [-0.25, -0.2) is 0 Å². The van der Waals surface area contributed by atoms with E-state index in [0.29, 0.717) is 5.92 Å². The molecule has 0 fully saturated rings. The van der Waals surface area contributed by atoms with Crippen molar-refractivity contribution < 1.29 is 5.11 Å². The van der Waals surface area contributed by atoms with Gasteiger partial charge in [-0.3, -0.25) is 0 Å². The molecule has 0 radical (unpaired) electrons. The molecule has 0 spiro atoms. The molecule has 0 saturated heterocycles. The summed E-state index contributed by atoms with van der Waals surface area (Å²) in [5, 5.41) is 10.5. The number of hydrogen-bond donors (Lipinski definition) is 1. The van der Waals surface area contributed by atoms with Crippen LogP contribution in [0.25, 0.3) is 0 Å². The first-order valence-electron chi connectivity index (χ1n) is 7.51. The quantitative estimate of drug-likeness (QED) is 0.591. The summed E-state index contributed by atoms with van der Waals surface area (Å²) in [6.07, 6.45) is 3.76. The number of hydrogen-bond acceptors (Lipinski definition) is 1. The first-order valence-corrected chi connectivity index (χ1v) is 7.51. The SMILES string of the molecule is C=C([C@@H](O)C[C@](C)(CC)[C@H](C)CC)C(C)(C)CC. The lowest BCUT2D eigenvalue weighted by Gasteiger charge is -2.39. The molecule has 0 saturated carbocycles. The third-order valence-corrected chi connectivity index (χ3v) is 5.42. The minimum atomic E-state index is -0.376. The van der Waals surface area contributed by atoms with Crippen LogP contribution in [0, 0.1) is 16.7 Å². The highest BCUT2D eigenvalue weighted by molar-refractivity contribution is 5.13. The highest BCUT2D eigenvalue weighted by Crippen LogP contribution is 2.41. The van der Waals surface area contributed by atoms with Gasteiger partial charge in [0.05, 0.1) is 6.10 Å². The van der Waals surface area contributed by atoms with E-state index in [9.17, 15) is 5.11 Å². The topological polar surface area (TPSA) is 20.2 Å². The van der Waals surface area contributed by atoms with Crippen molar-refractivity contribution in [3.05, 3.63) is 12.2 Å². The second kappa shape index (κ2) is 6.75. The molecule has 18 heavy (non-hydrogen) atoms. The summed E-state index contributed by atoms with van der Waals surface area (Å²) in [5.41, 5.74) is 1.23. The fraction of sp³-hybridized carbons (Fsp3) is 0.882. The molecule has 0 aromatic rings. The standard InChI is InChI=1S/C17H34O/c1-9-13(4)17(8,11-3)12-15(18)14(5)16(6,7)10-2/h13,15,18H,5,9-12H2,1-4,6-8H3/t13-,15+,17+/m1/s1. The van der Waals surface area contributed by atoms with Crippen molar-refractivity contribution in [2.45, 2.75) is 80.3 Å². The van der Waals surface area contributed by atoms with Gasteiger partial charge in [0.25, 0.3) is 0 Å². The van der Waals surface area contributed by atoms with Crippen molar-refractivity contribution in [2.75, 3.05) is 0 Å². The van der Waals surface area contributed by atoms with E-state index in [2.05, 4.69) is 55.0 Å². The highest BCUT2D eigenvalue weighted by Gasteiger charge is 2.34. The number of aliphatic hydroxyl groups is 1. The zero-order valence-electron chi connectivity index (χ0n) is 13.6. The Hall–Kier alpha value is -0.300. The molecule has 0 aliphatic carbocycles. The summed E-state index contributed by atoms with van der Waals surface area (Å²) in [6, 6.07) is 0. The predicted octanol–water partition coefficient (Wildman–Crippen LogP) is 5.19. The number of aliphatic hydroxyl groups excluding tert-OH is 1. The third kappa shape index (κ3) is 4.12. The fourth-order valence-corrected chi connectivity index (χ4v) is 2.43. The van der Waals surface area contributed by atoms with Gasteiger partial charge >= 0.3 is 0 Å². The van der Waals surface area contributed by atoms with Crippen LogP contribution in [0.15, 0.2) is 12.2 Å². The van der Waals surface area contributed by atoms with E-state index in [1.807, 2.05) is 0 Å². The van der Waals surface area contributed by atoms with Gasteiger partial charge < -0.3 is 5.11 Å². The predicted molar refractivity (Wildman–Crippen MR) is 81.7 cm³/mol. The second-order valence-electron chi connectivity index (χ2n) is 6.80. The van der Waals surface area contributed by atoms with Crippen molar-refractivity contribution in [1.29, 1.82) is 0 Å². The Morgan fingerprint density at radius 3 is 1.94 bits per heavy atom. The van der Waals surface area contributed by atoms with Gasteiger partial charge in [-0.1, -0.05) is 67.9 Å². The van der Waals surface area contributed by atoms with E-state index in [4.69, 9.17) is 0 Å². The molecule has 0 bridgehead atoms. The number of rotatable bonds is 8. The molecule has 0 heterocycles. The summed E-state index contributed by atoms with van der Waals surface area (Å²) in [6.45, 7) is 19.7. The van der Waals surface area contributed by atoms with Crippen molar-refractivity contribution in [3.63, 3.8) is 0 Å². The lowest BCUT2D eigenvalue weighted by molar-refractivity contribution is 0.0754. The summed E-state index contributed by atoms with van der Waals surface area (Å²) in [7, 11) is 0. The maximum Gasteiger partial charge on any atom is 0.0758 e. The van der Waals surface area contributed by atoms with E-state index >= 15 is 0 Å². The molecule has 1 nitrogen and oxygen atoms in total. The monoisotopic (exact) mass is 254 g/mol. The van der Waals surface area contributed by atoms with Gasteiger partial charge in [0.2, 0.25) is 0 Å². The van der Waals surface area contributed by atoms with Crippen LogP contribution in [0.2, 0.25) is 0 Å². The molecule has 108 valence electrons. The Morgan fingerprint density at radius 2 is 1.61 bits per heavy atom. The Balaban J connectivity index is 4.82. The summed E-state index contributed by atoms with van der Waals surface area (Å²) >= 11 is 0. The first kappa shape index (κ1) is 17.7. The minimum Gasteiger partial charge on any atom is -0.389 e. The molecule has 0 unspecified atom stereocenters. The third-order valence-electron chi connectivity index (χ3n) is 5.42. The first-order chi connectivity index (χ1) is 8.14. The molecular weight excluding hydrogens is 220 g/mol. The second-order valence-corrected chi connectivity index (χ2v) is 6.80. The molecule has 0 rings (SSSR count). The Labute approximate surface area is 115 Å². The van der Waals surface area contributed by atoms with Gasteiger partial charge in [0, 0.05) is 0 Å². The van der Waals surface area contributed by atoms with Crippen molar-refractivity contribution in [1.82, 2.24) is 0 Å². The van der Waals surface area contributed by atoms with Gasteiger partial charge in [0.1, 0.15) is 0 Å². The average molecular weight is 254 g/mol. The van der Waals surface area contributed by atoms with Crippen LogP contribution in [-0.4, -0.2) is 11.2 Å². The Morgan fingerprint density at radius 1 is 1.11 bits per heavy atom. The van der Waals surface area contributed by atoms with Crippen LogP contribution >= 0.6 is 0 Å². The smallest absolute Gasteiger partial charge is 0.0758 e. The van der Waals surface area contributed by atoms with Crippen molar-refractivity contribution >= 4 is 0 Å². The molecule has 0 amide bonds. The van der Waals surface area contributed by atoms with E-state index in [1.54, 1.807) is 0 Å². The largest absolute Gasteiger partial charge is 0.389 e. The maximum atomic E-state index is 10.5. The lowest BCUT2D eigenvalue weighted by atomic mass is 9.68. The van der Waals surface area contributed by atoms with Gasteiger partial charge in [-0.05, 0) is 35.2 Å². The Kier molecular flexibility index (Phi) is 6.63. The molecule has 0 aromatic carbocycles. The zero-order chi connectivity index (χ0) is 14.6. The van der Waals surface area contributed by atoms with Crippen molar-refractivity contribution in [2.24, 2.45) is 16.7 Å². The van der Waals surface area contributed by atoms with Crippen LogP contribution in [0.5, 0.6) is 0 Å². The molecule has 0 aromatic heterocycles. The average Bonchev–Trinajstić information content (AvgIpc) is 2.36. The lowest BCUT2D eigenvalue weighted by Crippen LogP contribution is -2.33. The molecule has 0 aliphatic rings. The maximum absolute atomic E-state index is 10.5. The van der Waals surface area contributed by atoms with Crippen LogP contribution < -0.4 is 0 Å². The molecule has 1 N–H and O–H groups in total. The van der Waals surface area contributed by atoms with Crippen LogP contribution in [0.1, 0.15) is 74.1 Å². The fourth-order valence-electron chi connectivity index (χ4n) is 2.43. The van der Waals surface area contributed by atoms with Crippen LogP contribution in [-0.2, 0) is 0 Å². The summed E-state index contributed by atoms with van der Waals surface area (Å²) in [5.74, 6) is 0.634. The van der Waals surface area contributed by atoms with E-state index < -0.39 is 0 Å². The van der Waals surface area contributed by atoms with Gasteiger partial charge in [-0.15, -0.1) is 0 Å². The van der Waals surface area contributed by atoms with Gasteiger partial charge in [0.15, 0.2) is 0 Å². The Bertz CT molecular complexity index is 267.